The molecule has 0 aliphatic heterocycles. The highest BCUT2D eigenvalue weighted by Crippen LogP contribution is 2.71. The van der Waals surface area contributed by atoms with Crippen LogP contribution in [0.5, 0.6) is 0 Å². The fourth-order valence-electron chi connectivity index (χ4n) is 10.1. The summed E-state index contributed by atoms with van der Waals surface area (Å²) in [5.41, 5.74) is -0.792. The minimum absolute atomic E-state index is 0.0358. The maximum atomic E-state index is 14.0. The van der Waals surface area contributed by atoms with E-state index < -0.39 is 22.7 Å². The third-order valence-corrected chi connectivity index (χ3v) is 11.9. The predicted octanol–water partition coefficient (Wildman–Crippen LogP) is 5.98. The standard InChI is InChI=1S/C30H41NO4/c1-26(2)11-12-30(25(34)35)10-7-18-23(19(30)15-26)20(32)13-22-28(18,5)9-8-21-27(3,4)24(33)17(16-31)14-29(21,22)6/h13,17-19,21,23H,7-12,14-15H2,1-6H3,(H,34,35). The van der Waals surface area contributed by atoms with E-state index in [1.165, 1.54) is 0 Å². The molecule has 0 saturated heterocycles. The summed E-state index contributed by atoms with van der Waals surface area (Å²) in [6, 6.07) is 2.28. The number of carbonyl (C=O) groups excluding carboxylic acids is 2. The zero-order valence-corrected chi connectivity index (χ0v) is 22.2. The maximum absolute atomic E-state index is 14.0. The van der Waals surface area contributed by atoms with Gasteiger partial charge in [0.1, 0.15) is 5.92 Å². The third kappa shape index (κ3) is 3.07. The van der Waals surface area contributed by atoms with Crippen molar-refractivity contribution in [3.05, 3.63) is 11.6 Å². The zero-order chi connectivity index (χ0) is 25.8. The monoisotopic (exact) mass is 479 g/mol. The first-order valence-corrected chi connectivity index (χ1v) is 13.6. The average Bonchev–Trinajstić information content (AvgIpc) is 2.76. The van der Waals surface area contributed by atoms with E-state index in [9.17, 15) is 24.8 Å². The summed E-state index contributed by atoms with van der Waals surface area (Å²) in [5, 5.41) is 20.3. The second-order valence-electron chi connectivity index (χ2n) is 14.5. The van der Waals surface area contributed by atoms with Crippen molar-refractivity contribution in [3.63, 3.8) is 0 Å². The highest BCUT2D eigenvalue weighted by atomic mass is 16.4. The van der Waals surface area contributed by atoms with E-state index in [2.05, 4.69) is 33.8 Å². The molecule has 0 bridgehead atoms. The van der Waals surface area contributed by atoms with Gasteiger partial charge in [0.2, 0.25) is 0 Å². The molecule has 8 atom stereocenters. The van der Waals surface area contributed by atoms with Crippen LogP contribution in [0.4, 0.5) is 0 Å². The Morgan fingerprint density at radius 2 is 1.63 bits per heavy atom. The maximum Gasteiger partial charge on any atom is 0.309 e. The van der Waals surface area contributed by atoms with Crippen molar-refractivity contribution in [2.24, 2.45) is 56.7 Å². The highest BCUT2D eigenvalue weighted by molar-refractivity contribution is 5.96. The number of rotatable bonds is 1. The number of hydrogen-bond acceptors (Lipinski definition) is 4. The van der Waals surface area contributed by atoms with Crippen LogP contribution >= 0.6 is 0 Å². The van der Waals surface area contributed by atoms with Gasteiger partial charge in [0, 0.05) is 11.3 Å². The number of nitriles is 1. The Bertz CT molecular complexity index is 1080. The minimum Gasteiger partial charge on any atom is -0.481 e. The lowest BCUT2D eigenvalue weighted by atomic mass is 9.37. The molecule has 0 heterocycles. The summed E-state index contributed by atoms with van der Waals surface area (Å²) in [6.45, 7) is 12.9. The number of carboxylic acids is 1. The molecule has 1 N–H and O–H groups in total. The Kier molecular flexibility index (Phi) is 5.15. The van der Waals surface area contributed by atoms with Gasteiger partial charge in [-0.25, -0.2) is 0 Å². The van der Waals surface area contributed by atoms with Crippen LogP contribution in [0.15, 0.2) is 11.6 Å². The second-order valence-corrected chi connectivity index (χ2v) is 14.5. The molecular formula is C30H41NO4. The van der Waals surface area contributed by atoms with E-state index in [4.69, 9.17) is 0 Å². The Morgan fingerprint density at radius 3 is 2.26 bits per heavy atom. The van der Waals surface area contributed by atoms with Crippen LogP contribution in [0.25, 0.3) is 0 Å². The van der Waals surface area contributed by atoms with E-state index in [0.29, 0.717) is 19.3 Å². The van der Waals surface area contributed by atoms with Crippen molar-refractivity contribution in [1.29, 1.82) is 5.26 Å². The number of fused-ring (bicyclic) bond motifs is 7. The number of carbonyl (C=O) groups is 3. The van der Waals surface area contributed by atoms with Gasteiger partial charge in [-0.3, -0.25) is 14.4 Å². The number of carboxylic acid groups (broad SMARTS) is 1. The van der Waals surface area contributed by atoms with Crippen LogP contribution in [-0.2, 0) is 14.4 Å². The van der Waals surface area contributed by atoms with Crippen LogP contribution < -0.4 is 0 Å². The van der Waals surface area contributed by atoms with Gasteiger partial charge in [0.15, 0.2) is 11.6 Å². The van der Waals surface area contributed by atoms with Crippen molar-refractivity contribution >= 4 is 17.5 Å². The summed E-state index contributed by atoms with van der Waals surface area (Å²) >= 11 is 0. The predicted molar refractivity (Wildman–Crippen MR) is 132 cm³/mol. The number of aliphatic carboxylic acids is 1. The first kappa shape index (κ1) is 24.7. The summed E-state index contributed by atoms with van der Waals surface area (Å²) in [7, 11) is 0. The molecule has 5 aliphatic rings. The van der Waals surface area contributed by atoms with Crippen LogP contribution in [0.2, 0.25) is 0 Å². The molecule has 5 rings (SSSR count). The van der Waals surface area contributed by atoms with E-state index in [-0.39, 0.29) is 51.5 Å². The van der Waals surface area contributed by atoms with Gasteiger partial charge in [-0.15, -0.1) is 0 Å². The summed E-state index contributed by atoms with van der Waals surface area (Å²) in [4.78, 5) is 39.9. The Morgan fingerprint density at radius 1 is 0.943 bits per heavy atom. The van der Waals surface area contributed by atoms with Gasteiger partial charge < -0.3 is 5.11 Å². The number of allylic oxidation sites excluding steroid dienone is 2. The van der Waals surface area contributed by atoms with Crippen molar-refractivity contribution in [2.45, 2.75) is 92.9 Å². The number of Topliss-reactive ketones (excluding diaryl/α,β-unsaturated/α-hetero) is 1. The minimum atomic E-state index is -0.791. The molecule has 0 amide bonds. The van der Waals surface area contributed by atoms with Crippen molar-refractivity contribution in [3.8, 4) is 6.07 Å². The Balaban J connectivity index is 1.63. The molecule has 0 aromatic heterocycles. The van der Waals surface area contributed by atoms with Gasteiger partial charge in [-0.05, 0) is 91.4 Å². The van der Waals surface area contributed by atoms with Gasteiger partial charge in [0.25, 0.3) is 0 Å². The highest BCUT2D eigenvalue weighted by Gasteiger charge is 2.67. The summed E-state index contributed by atoms with van der Waals surface area (Å²) < 4.78 is 0. The first-order valence-electron chi connectivity index (χ1n) is 13.6. The molecule has 4 saturated carbocycles. The van der Waals surface area contributed by atoms with Gasteiger partial charge >= 0.3 is 5.97 Å². The van der Waals surface area contributed by atoms with E-state index in [1.807, 2.05) is 19.9 Å². The number of nitrogens with zero attached hydrogens (tertiary/aromatic N) is 1. The first-order chi connectivity index (χ1) is 16.1. The molecule has 0 aromatic rings. The summed E-state index contributed by atoms with van der Waals surface area (Å²) in [5.74, 6) is -1.38. The van der Waals surface area contributed by atoms with Gasteiger partial charge in [-0.2, -0.15) is 5.26 Å². The van der Waals surface area contributed by atoms with Crippen LogP contribution in [0.3, 0.4) is 0 Å². The number of ketones is 2. The number of hydrogen-bond donors (Lipinski definition) is 1. The lowest BCUT2D eigenvalue weighted by molar-refractivity contribution is -0.176. The fourth-order valence-corrected chi connectivity index (χ4v) is 10.1. The van der Waals surface area contributed by atoms with Gasteiger partial charge in [-0.1, -0.05) is 47.1 Å². The lowest BCUT2D eigenvalue weighted by Gasteiger charge is -2.65. The zero-order valence-electron chi connectivity index (χ0n) is 22.2. The topological polar surface area (TPSA) is 95.2 Å². The molecule has 4 fully saturated rings. The molecule has 190 valence electrons. The molecule has 5 nitrogen and oxygen atoms in total. The van der Waals surface area contributed by atoms with Crippen LogP contribution in [0, 0.1) is 68.0 Å². The molecule has 0 aromatic carbocycles. The van der Waals surface area contributed by atoms with Crippen LogP contribution in [0.1, 0.15) is 92.9 Å². The lowest BCUT2D eigenvalue weighted by Crippen LogP contribution is -2.63. The SMILES string of the molecule is CC1(C)CCC2(C(=O)O)CCC3C(C(=O)C=C4C3(C)CCC3C(C)(C)C(=O)C(C#N)CC43C)C2C1. The van der Waals surface area contributed by atoms with E-state index in [1.54, 1.807) is 0 Å². The average molecular weight is 480 g/mol. The molecule has 0 spiro atoms. The molecular weight excluding hydrogens is 438 g/mol. The normalized spacial score (nSPS) is 47.8. The second kappa shape index (κ2) is 7.30. The Hall–Kier alpha value is -1.96. The van der Waals surface area contributed by atoms with Gasteiger partial charge in [0.05, 0.1) is 11.5 Å². The van der Waals surface area contributed by atoms with E-state index in [0.717, 1.165) is 37.7 Å². The molecule has 5 aliphatic carbocycles. The van der Waals surface area contributed by atoms with Crippen molar-refractivity contribution < 1.29 is 19.5 Å². The Labute approximate surface area is 209 Å². The van der Waals surface area contributed by atoms with E-state index >= 15 is 0 Å². The molecule has 35 heavy (non-hydrogen) atoms. The largest absolute Gasteiger partial charge is 0.481 e. The van der Waals surface area contributed by atoms with Crippen molar-refractivity contribution in [1.82, 2.24) is 0 Å². The smallest absolute Gasteiger partial charge is 0.309 e. The quantitative estimate of drug-likeness (QED) is 0.499. The summed E-state index contributed by atoms with van der Waals surface area (Å²) in [6.07, 6.45) is 7.91. The third-order valence-electron chi connectivity index (χ3n) is 11.9. The molecule has 0 radical (unpaired) electrons. The van der Waals surface area contributed by atoms with Crippen molar-refractivity contribution in [2.75, 3.05) is 0 Å². The fraction of sp³-hybridized carbons (Fsp3) is 0.800. The van der Waals surface area contributed by atoms with Crippen LogP contribution in [-0.4, -0.2) is 22.6 Å². The molecule has 5 heteroatoms. The molecule has 8 unspecified atom stereocenters.